The molecule has 0 saturated heterocycles. The van der Waals surface area contributed by atoms with E-state index in [0.717, 1.165) is 37.3 Å². The highest BCUT2D eigenvalue weighted by Gasteiger charge is 2.17. The number of H-pyrrole nitrogens is 1. The molecule has 1 unspecified atom stereocenters. The van der Waals surface area contributed by atoms with E-state index >= 15 is 0 Å². The Hall–Kier alpha value is -1.84. The zero-order valence-corrected chi connectivity index (χ0v) is 12.5. The number of aromatic nitrogens is 3. The zero-order valence-electron chi connectivity index (χ0n) is 12.5. The van der Waals surface area contributed by atoms with Crippen LogP contribution in [0.15, 0.2) is 24.4 Å². The van der Waals surface area contributed by atoms with E-state index in [1.807, 2.05) is 0 Å². The van der Waals surface area contributed by atoms with Gasteiger partial charge in [0.1, 0.15) is 5.75 Å². The number of rotatable bonds is 7. The molecule has 1 atom stereocenters. The predicted octanol–water partition coefficient (Wildman–Crippen LogP) is 3.64. The van der Waals surface area contributed by atoms with Gasteiger partial charge in [0.15, 0.2) is 0 Å². The fourth-order valence-electron chi connectivity index (χ4n) is 2.38. The molecule has 0 saturated carbocycles. The summed E-state index contributed by atoms with van der Waals surface area (Å²) in [5.41, 5.74) is 3.55. The molecule has 1 aromatic carbocycles. The van der Waals surface area contributed by atoms with Crippen LogP contribution in [0.25, 0.3) is 0 Å². The molecule has 108 valence electrons. The molecule has 0 radical (unpaired) electrons. The summed E-state index contributed by atoms with van der Waals surface area (Å²) in [5.74, 6) is 1.42. The number of aryl methyl sites for hydroxylation is 1. The zero-order chi connectivity index (χ0) is 14.4. The van der Waals surface area contributed by atoms with Crippen LogP contribution in [-0.2, 0) is 6.42 Å². The summed E-state index contributed by atoms with van der Waals surface area (Å²) in [6, 6.07) is 6.43. The van der Waals surface area contributed by atoms with E-state index in [-0.39, 0.29) is 0 Å². The average molecular weight is 273 g/mol. The maximum atomic E-state index is 5.90. The lowest BCUT2D eigenvalue weighted by Gasteiger charge is -2.19. The van der Waals surface area contributed by atoms with Gasteiger partial charge in [-0.05, 0) is 37.3 Å². The minimum atomic E-state index is 0.409. The molecule has 1 heterocycles. The molecule has 4 nitrogen and oxygen atoms in total. The molecule has 1 aromatic heterocycles. The Balaban J connectivity index is 2.24. The molecule has 2 aromatic rings. The van der Waals surface area contributed by atoms with Crippen LogP contribution in [0.5, 0.6) is 5.75 Å². The second kappa shape index (κ2) is 7.08. The minimum Gasteiger partial charge on any atom is -0.493 e. The van der Waals surface area contributed by atoms with Crippen molar-refractivity contribution < 1.29 is 4.74 Å². The monoisotopic (exact) mass is 273 g/mol. The smallest absolute Gasteiger partial charge is 0.122 e. The Morgan fingerprint density at radius 2 is 2.15 bits per heavy atom. The van der Waals surface area contributed by atoms with E-state index in [4.69, 9.17) is 4.74 Å². The molecule has 0 aliphatic carbocycles. The van der Waals surface area contributed by atoms with Gasteiger partial charge in [-0.1, -0.05) is 31.5 Å². The van der Waals surface area contributed by atoms with Crippen molar-refractivity contribution in [1.29, 1.82) is 0 Å². The van der Waals surface area contributed by atoms with Crippen LogP contribution in [-0.4, -0.2) is 22.0 Å². The molecule has 0 aliphatic heterocycles. The van der Waals surface area contributed by atoms with Gasteiger partial charge in [0, 0.05) is 6.42 Å². The van der Waals surface area contributed by atoms with Crippen molar-refractivity contribution in [2.24, 2.45) is 0 Å². The van der Waals surface area contributed by atoms with Crippen molar-refractivity contribution in [3.63, 3.8) is 0 Å². The third-order valence-electron chi connectivity index (χ3n) is 3.48. The van der Waals surface area contributed by atoms with Crippen LogP contribution < -0.4 is 4.74 Å². The van der Waals surface area contributed by atoms with Crippen LogP contribution in [0, 0.1) is 6.92 Å². The number of nitrogens with zero attached hydrogens (tertiary/aromatic N) is 2. The van der Waals surface area contributed by atoms with Gasteiger partial charge in [0.05, 0.1) is 18.5 Å². The lowest BCUT2D eigenvalue weighted by Crippen LogP contribution is -2.07. The van der Waals surface area contributed by atoms with Crippen molar-refractivity contribution >= 4 is 0 Å². The first kappa shape index (κ1) is 14.6. The second-order valence-corrected chi connectivity index (χ2v) is 5.16. The van der Waals surface area contributed by atoms with Gasteiger partial charge < -0.3 is 4.74 Å². The number of nitrogens with one attached hydrogen (secondary N) is 1. The SMILES string of the molecule is CCCOc1ccc(C)cc1C(CC)Cc1cn[nH]n1. The highest BCUT2D eigenvalue weighted by Crippen LogP contribution is 2.32. The first-order chi connectivity index (χ1) is 9.74. The second-order valence-electron chi connectivity index (χ2n) is 5.16. The van der Waals surface area contributed by atoms with Crippen LogP contribution >= 0.6 is 0 Å². The third kappa shape index (κ3) is 3.59. The van der Waals surface area contributed by atoms with Gasteiger partial charge in [-0.3, -0.25) is 0 Å². The van der Waals surface area contributed by atoms with E-state index < -0.39 is 0 Å². The molecule has 0 fully saturated rings. The standard InChI is InChI=1S/C16H23N3O/c1-4-8-20-16-7-6-12(3)9-15(16)13(5-2)10-14-11-17-19-18-14/h6-7,9,11,13H,4-5,8,10H2,1-3H3,(H,17,18,19). The molecule has 1 N–H and O–H groups in total. The maximum absolute atomic E-state index is 5.90. The summed E-state index contributed by atoms with van der Waals surface area (Å²) in [7, 11) is 0. The summed E-state index contributed by atoms with van der Waals surface area (Å²) in [4.78, 5) is 0. The van der Waals surface area contributed by atoms with Crippen molar-refractivity contribution in [3.8, 4) is 5.75 Å². The lowest BCUT2D eigenvalue weighted by molar-refractivity contribution is 0.311. The van der Waals surface area contributed by atoms with Crippen LogP contribution in [0.2, 0.25) is 0 Å². The molecule has 2 rings (SSSR count). The van der Waals surface area contributed by atoms with E-state index in [1.165, 1.54) is 11.1 Å². The lowest BCUT2D eigenvalue weighted by atomic mass is 9.90. The Labute approximate surface area is 120 Å². The molecule has 0 aliphatic rings. The highest BCUT2D eigenvalue weighted by molar-refractivity contribution is 5.40. The minimum absolute atomic E-state index is 0.409. The summed E-state index contributed by atoms with van der Waals surface area (Å²) < 4.78 is 5.90. The quantitative estimate of drug-likeness (QED) is 0.838. The fraction of sp³-hybridized carbons (Fsp3) is 0.500. The highest BCUT2D eigenvalue weighted by atomic mass is 16.5. The number of hydrogen-bond acceptors (Lipinski definition) is 3. The number of hydrogen-bond donors (Lipinski definition) is 1. The van der Waals surface area contributed by atoms with E-state index in [9.17, 15) is 0 Å². The van der Waals surface area contributed by atoms with Crippen LogP contribution in [0.1, 0.15) is 49.4 Å². The van der Waals surface area contributed by atoms with Crippen LogP contribution in [0.3, 0.4) is 0 Å². The molecular weight excluding hydrogens is 250 g/mol. The number of aromatic amines is 1. The van der Waals surface area contributed by atoms with E-state index in [1.54, 1.807) is 6.20 Å². The number of ether oxygens (including phenoxy) is 1. The topological polar surface area (TPSA) is 50.8 Å². The Morgan fingerprint density at radius 3 is 2.80 bits per heavy atom. The first-order valence-corrected chi connectivity index (χ1v) is 7.32. The Kier molecular flexibility index (Phi) is 5.16. The summed E-state index contributed by atoms with van der Waals surface area (Å²) >= 11 is 0. The molecule has 20 heavy (non-hydrogen) atoms. The summed E-state index contributed by atoms with van der Waals surface area (Å²) in [5, 5.41) is 10.7. The molecular formula is C16H23N3O. The van der Waals surface area contributed by atoms with Gasteiger partial charge in [0.2, 0.25) is 0 Å². The Morgan fingerprint density at radius 1 is 1.30 bits per heavy atom. The third-order valence-corrected chi connectivity index (χ3v) is 3.48. The fourth-order valence-corrected chi connectivity index (χ4v) is 2.38. The summed E-state index contributed by atoms with van der Waals surface area (Å²) in [6.45, 7) is 7.21. The normalized spacial score (nSPS) is 12.3. The van der Waals surface area contributed by atoms with Gasteiger partial charge in [-0.2, -0.15) is 15.4 Å². The van der Waals surface area contributed by atoms with Crippen molar-refractivity contribution in [2.75, 3.05) is 6.61 Å². The predicted molar refractivity (Wildman–Crippen MR) is 80.1 cm³/mol. The van der Waals surface area contributed by atoms with Gasteiger partial charge in [0.25, 0.3) is 0 Å². The molecule has 0 spiro atoms. The maximum Gasteiger partial charge on any atom is 0.122 e. The van der Waals surface area contributed by atoms with Gasteiger partial charge in [-0.15, -0.1) is 0 Å². The largest absolute Gasteiger partial charge is 0.493 e. The first-order valence-electron chi connectivity index (χ1n) is 7.32. The van der Waals surface area contributed by atoms with E-state index in [2.05, 4.69) is 54.4 Å². The van der Waals surface area contributed by atoms with Gasteiger partial charge in [-0.25, -0.2) is 0 Å². The van der Waals surface area contributed by atoms with Crippen LogP contribution in [0.4, 0.5) is 0 Å². The van der Waals surface area contributed by atoms with Crippen molar-refractivity contribution in [1.82, 2.24) is 15.4 Å². The molecule has 0 bridgehead atoms. The van der Waals surface area contributed by atoms with Gasteiger partial charge >= 0.3 is 0 Å². The van der Waals surface area contributed by atoms with Crippen molar-refractivity contribution in [2.45, 2.75) is 46.0 Å². The van der Waals surface area contributed by atoms with E-state index in [0.29, 0.717) is 5.92 Å². The number of benzene rings is 1. The molecule has 0 amide bonds. The summed E-state index contributed by atoms with van der Waals surface area (Å²) in [6.07, 6.45) is 4.76. The Bertz CT molecular complexity index is 523. The van der Waals surface area contributed by atoms with Crippen molar-refractivity contribution in [3.05, 3.63) is 41.2 Å². The molecule has 4 heteroatoms. The average Bonchev–Trinajstić information content (AvgIpc) is 2.96.